The van der Waals surface area contributed by atoms with Gasteiger partial charge in [0.2, 0.25) is 0 Å². The number of halogens is 2. The van der Waals surface area contributed by atoms with Crippen LogP contribution in [0.4, 0.5) is 0 Å². The van der Waals surface area contributed by atoms with E-state index in [-0.39, 0.29) is 24.9 Å². The van der Waals surface area contributed by atoms with E-state index in [9.17, 15) is 4.79 Å². The van der Waals surface area contributed by atoms with Crippen molar-refractivity contribution in [3.8, 4) is 5.75 Å². The van der Waals surface area contributed by atoms with Gasteiger partial charge in [0, 0.05) is 24.2 Å². The summed E-state index contributed by atoms with van der Waals surface area (Å²) < 4.78 is 5.74. The zero-order valence-corrected chi connectivity index (χ0v) is 17.9. The van der Waals surface area contributed by atoms with E-state index in [2.05, 4.69) is 9.80 Å². The van der Waals surface area contributed by atoms with Crippen molar-refractivity contribution in [2.75, 3.05) is 32.8 Å². The number of benzene rings is 1. The average Bonchev–Trinajstić information content (AvgIpc) is 2.68. The van der Waals surface area contributed by atoms with Gasteiger partial charge in [0.1, 0.15) is 5.75 Å². The first-order valence-electron chi connectivity index (χ1n) is 10.0. The van der Waals surface area contributed by atoms with E-state index in [0.717, 1.165) is 42.9 Å². The number of amides is 1. The van der Waals surface area contributed by atoms with Crippen LogP contribution in [0.3, 0.4) is 0 Å². The van der Waals surface area contributed by atoms with Crippen molar-refractivity contribution >= 4 is 29.9 Å². The maximum Gasteiger partial charge on any atom is 0.260 e. The van der Waals surface area contributed by atoms with Crippen LogP contribution in [0.15, 0.2) is 18.2 Å². The molecule has 152 valence electrons. The molecule has 2 heterocycles. The zero-order valence-electron chi connectivity index (χ0n) is 16.3. The van der Waals surface area contributed by atoms with Crippen LogP contribution in [0.5, 0.6) is 5.75 Å². The highest BCUT2D eigenvalue weighted by Gasteiger charge is 2.27. The van der Waals surface area contributed by atoms with Crippen LogP contribution in [-0.2, 0) is 4.79 Å². The largest absolute Gasteiger partial charge is 0.484 e. The first-order chi connectivity index (χ1) is 12.6. The molecule has 3 rings (SSSR count). The summed E-state index contributed by atoms with van der Waals surface area (Å²) in [6.45, 7) is 6.48. The molecule has 1 aromatic rings. The molecule has 2 saturated heterocycles. The predicted octanol–water partition coefficient (Wildman–Crippen LogP) is 4.71. The third-order valence-electron chi connectivity index (χ3n) is 5.67. The molecule has 27 heavy (non-hydrogen) atoms. The van der Waals surface area contributed by atoms with E-state index >= 15 is 0 Å². The summed E-state index contributed by atoms with van der Waals surface area (Å²) in [6.07, 6.45) is 8.55. The smallest absolute Gasteiger partial charge is 0.260 e. The van der Waals surface area contributed by atoms with Crippen molar-refractivity contribution in [1.29, 1.82) is 0 Å². The quantitative estimate of drug-likeness (QED) is 0.675. The number of carbonyl (C=O) groups excluding carboxylic acids is 1. The summed E-state index contributed by atoms with van der Waals surface area (Å²) in [5.41, 5.74) is 0.967. The second-order valence-corrected chi connectivity index (χ2v) is 8.03. The molecule has 2 aliphatic heterocycles. The van der Waals surface area contributed by atoms with E-state index in [1.165, 1.54) is 38.8 Å². The summed E-state index contributed by atoms with van der Waals surface area (Å²) in [4.78, 5) is 17.4. The number of likely N-dealkylation sites (tertiary alicyclic amines) is 2. The molecule has 0 saturated carbocycles. The second-order valence-electron chi connectivity index (χ2n) is 7.63. The van der Waals surface area contributed by atoms with Crippen LogP contribution in [0.1, 0.15) is 50.5 Å². The van der Waals surface area contributed by atoms with E-state index in [4.69, 9.17) is 16.3 Å². The number of nitrogens with zero attached hydrogens (tertiary/aromatic N) is 2. The van der Waals surface area contributed by atoms with Gasteiger partial charge in [0.15, 0.2) is 6.61 Å². The van der Waals surface area contributed by atoms with Crippen LogP contribution >= 0.6 is 24.0 Å². The lowest BCUT2D eigenvalue weighted by Gasteiger charge is -2.37. The van der Waals surface area contributed by atoms with Gasteiger partial charge in [-0.2, -0.15) is 0 Å². The summed E-state index contributed by atoms with van der Waals surface area (Å²) >= 11 is 6.05. The Kier molecular flexibility index (Phi) is 9.20. The Morgan fingerprint density at radius 3 is 2.63 bits per heavy atom. The number of hydrogen-bond acceptors (Lipinski definition) is 3. The SMILES string of the molecule is Cc1cc(OCC(=O)N2CCCCC2CCN2CCCCC2)ccc1Cl.Cl. The van der Waals surface area contributed by atoms with E-state index in [1.807, 2.05) is 25.1 Å². The Labute approximate surface area is 174 Å². The summed E-state index contributed by atoms with van der Waals surface area (Å²) in [5, 5.41) is 0.720. The number of carbonyl (C=O) groups is 1. The Balaban J connectivity index is 0.00000261. The third-order valence-corrected chi connectivity index (χ3v) is 6.09. The van der Waals surface area contributed by atoms with Crippen molar-refractivity contribution in [1.82, 2.24) is 9.80 Å². The topological polar surface area (TPSA) is 32.8 Å². The normalized spacial score (nSPS) is 20.8. The Morgan fingerprint density at radius 1 is 1.15 bits per heavy atom. The third kappa shape index (κ3) is 6.55. The standard InChI is InChI=1S/C21H31ClN2O2.ClH/c1-17-15-19(8-9-20(17)22)26-16-21(25)24-13-6-3-7-18(24)10-14-23-11-4-2-5-12-23;/h8-9,15,18H,2-7,10-14,16H2,1H3;1H. The minimum absolute atomic E-state index is 0. The van der Waals surface area contributed by atoms with Crippen LogP contribution in [0.2, 0.25) is 5.02 Å². The number of piperidine rings is 2. The van der Waals surface area contributed by atoms with Crippen molar-refractivity contribution < 1.29 is 9.53 Å². The molecule has 0 bridgehead atoms. The Hall–Kier alpha value is -0.970. The van der Waals surface area contributed by atoms with Gasteiger partial charge in [-0.05, 0) is 82.3 Å². The van der Waals surface area contributed by atoms with Crippen molar-refractivity contribution in [3.63, 3.8) is 0 Å². The van der Waals surface area contributed by atoms with E-state index in [0.29, 0.717) is 11.8 Å². The molecule has 2 aliphatic rings. The average molecular weight is 415 g/mol. The molecule has 6 heteroatoms. The number of rotatable bonds is 6. The molecule has 1 aromatic carbocycles. The fourth-order valence-corrected chi connectivity index (χ4v) is 4.20. The van der Waals surface area contributed by atoms with Crippen molar-refractivity contribution in [2.24, 2.45) is 0 Å². The fraction of sp³-hybridized carbons (Fsp3) is 0.667. The maximum atomic E-state index is 12.7. The van der Waals surface area contributed by atoms with Gasteiger partial charge in [0.25, 0.3) is 5.91 Å². The predicted molar refractivity (Wildman–Crippen MR) is 113 cm³/mol. The molecule has 1 amide bonds. The van der Waals surface area contributed by atoms with E-state index in [1.54, 1.807) is 0 Å². The molecule has 0 N–H and O–H groups in total. The monoisotopic (exact) mass is 414 g/mol. The number of hydrogen-bond donors (Lipinski definition) is 0. The number of ether oxygens (including phenoxy) is 1. The van der Waals surface area contributed by atoms with Gasteiger partial charge >= 0.3 is 0 Å². The first-order valence-corrected chi connectivity index (χ1v) is 10.4. The lowest BCUT2D eigenvalue weighted by atomic mass is 9.98. The Morgan fingerprint density at radius 2 is 1.89 bits per heavy atom. The van der Waals surface area contributed by atoms with E-state index < -0.39 is 0 Å². The van der Waals surface area contributed by atoms with Crippen LogP contribution < -0.4 is 4.74 Å². The summed E-state index contributed by atoms with van der Waals surface area (Å²) in [7, 11) is 0. The molecule has 4 nitrogen and oxygen atoms in total. The van der Waals surface area contributed by atoms with Gasteiger partial charge in [-0.3, -0.25) is 4.79 Å². The van der Waals surface area contributed by atoms with Crippen molar-refractivity contribution in [3.05, 3.63) is 28.8 Å². The maximum absolute atomic E-state index is 12.7. The zero-order chi connectivity index (χ0) is 18.4. The molecule has 1 unspecified atom stereocenters. The van der Waals surface area contributed by atoms with Crippen molar-refractivity contribution in [2.45, 2.75) is 57.9 Å². The summed E-state index contributed by atoms with van der Waals surface area (Å²) in [5.74, 6) is 0.822. The molecule has 2 fully saturated rings. The van der Waals surface area contributed by atoms with Gasteiger partial charge in [-0.1, -0.05) is 18.0 Å². The molecule has 0 spiro atoms. The fourth-order valence-electron chi connectivity index (χ4n) is 4.08. The van der Waals surface area contributed by atoms with Gasteiger partial charge < -0.3 is 14.5 Å². The highest BCUT2D eigenvalue weighted by molar-refractivity contribution is 6.31. The summed E-state index contributed by atoms with van der Waals surface area (Å²) in [6, 6.07) is 5.90. The lowest BCUT2D eigenvalue weighted by molar-refractivity contribution is -0.137. The number of aryl methyl sites for hydroxylation is 1. The highest BCUT2D eigenvalue weighted by atomic mass is 35.5. The molecule has 0 aromatic heterocycles. The molecule has 0 radical (unpaired) electrons. The highest BCUT2D eigenvalue weighted by Crippen LogP contribution is 2.23. The van der Waals surface area contributed by atoms with Gasteiger partial charge in [-0.15, -0.1) is 12.4 Å². The van der Waals surface area contributed by atoms with Crippen LogP contribution in [0, 0.1) is 6.92 Å². The van der Waals surface area contributed by atoms with Crippen LogP contribution in [-0.4, -0.2) is 54.5 Å². The first kappa shape index (κ1) is 22.3. The van der Waals surface area contributed by atoms with Crippen LogP contribution in [0.25, 0.3) is 0 Å². The minimum Gasteiger partial charge on any atom is -0.484 e. The van der Waals surface area contributed by atoms with Gasteiger partial charge in [0.05, 0.1) is 0 Å². The Bertz CT molecular complexity index is 606. The molecular formula is C21H32Cl2N2O2. The second kappa shape index (κ2) is 11.1. The molecule has 0 aliphatic carbocycles. The minimum atomic E-state index is 0. The lowest BCUT2D eigenvalue weighted by Crippen LogP contribution is -2.47. The molecule has 1 atom stereocenters. The molecular weight excluding hydrogens is 383 g/mol. The van der Waals surface area contributed by atoms with Gasteiger partial charge in [-0.25, -0.2) is 0 Å².